The number of hydrogen-bond acceptors (Lipinski definition) is 5. The number of furan rings is 1. The van der Waals surface area contributed by atoms with E-state index in [1.807, 2.05) is 6.07 Å². The van der Waals surface area contributed by atoms with Crippen LogP contribution in [0.2, 0.25) is 5.15 Å². The summed E-state index contributed by atoms with van der Waals surface area (Å²) in [6.45, 7) is 1.61. The van der Waals surface area contributed by atoms with E-state index < -0.39 is 0 Å². The lowest BCUT2D eigenvalue weighted by molar-refractivity contribution is 0.564. The van der Waals surface area contributed by atoms with Gasteiger partial charge in [-0.15, -0.1) is 5.10 Å². The number of aromatic nitrogens is 2. The SMILES string of the molecule is CC(=N)c1c(Cl)nnc(Cc2ccoc2)c1N. The van der Waals surface area contributed by atoms with Crippen LogP contribution in [0.4, 0.5) is 5.69 Å². The molecule has 0 atom stereocenters. The second-order valence-corrected chi connectivity index (χ2v) is 4.02. The zero-order valence-corrected chi connectivity index (χ0v) is 9.95. The van der Waals surface area contributed by atoms with E-state index in [-0.39, 0.29) is 10.9 Å². The molecule has 0 fully saturated rings. The molecule has 2 rings (SSSR count). The van der Waals surface area contributed by atoms with Crippen molar-refractivity contribution >= 4 is 23.0 Å². The second kappa shape index (κ2) is 4.55. The Morgan fingerprint density at radius 1 is 1.53 bits per heavy atom. The van der Waals surface area contributed by atoms with Crippen LogP contribution in [0.5, 0.6) is 0 Å². The molecular formula is C11H11ClN4O. The van der Waals surface area contributed by atoms with E-state index in [1.165, 1.54) is 0 Å². The fourth-order valence-electron chi connectivity index (χ4n) is 1.54. The molecule has 88 valence electrons. The van der Waals surface area contributed by atoms with Crippen molar-refractivity contribution in [2.45, 2.75) is 13.3 Å². The van der Waals surface area contributed by atoms with Gasteiger partial charge in [0.1, 0.15) is 0 Å². The molecule has 0 aromatic carbocycles. The van der Waals surface area contributed by atoms with Gasteiger partial charge < -0.3 is 15.6 Å². The molecule has 17 heavy (non-hydrogen) atoms. The monoisotopic (exact) mass is 250 g/mol. The maximum Gasteiger partial charge on any atom is 0.162 e. The summed E-state index contributed by atoms with van der Waals surface area (Å²) in [5.74, 6) is 0. The van der Waals surface area contributed by atoms with Crippen LogP contribution in [0.1, 0.15) is 23.7 Å². The largest absolute Gasteiger partial charge is 0.472 e. The summed E-state index contributed by atoms with van der Waals surface area (Å²) in [6.07, 6.45) is 3.71. The number of nitrogen functional groups attached to an aromatic ring is 1. The van der Waals surface area contributed by atoms with Crippen molar-refractivity contribution in [3.8, 4) is 0 Å². The molecular weight excluding hydrogens is 240 g/mol. The molecule has 0 aliphatic rings. The van der Waals surface area contributed by atoms with Crippen molar-refractivity contribution in [3.05, 3.63) is 40.6 Å². The Morgan fingerprint density at radius 3 is 2.88 bits per heavy atom. The molecule has 0 unspecified atom stereocenters. The lowest BCUT2D eigenvalue weighted by Gasteiger charge is -2.09. The number of halogens is 1. The number of rotatable bonds is 3. The van der Waals surface area contributed by atoms with E-state index >= 15 is 0 Å². The topological polar surface area (TPSA) is 88.8 Å². The first-order valence-corrected chi connectivity index (χ1v) is 5.34. The van der Waals surface area contributed by atoms with Gasteiger partial charge in [0.15, 0.2) is 5.15 Å². The second-order valence-electron chi connectivity index (χ2n) is 3.66. The van der Waals surface area contributed by atoms with Crippen LogP contribution in [0.25, 0.3) is 0 Å². The normalized spacial score (nSPS) is 10.5. The Kier molecular flexibility index (Phi) is 3.10. The van der Waals surface area contributed by atoms with Gasteiger partial charge in [0.25, 0.3) is 0 Å². The summed E-state index contributed by atoms with van der Waals surface area (Å²) in [5, 5.41) is 15.5. The highest BCUT2D eigenvalue weighted by Crippen LogP contribution is 2.24. The van der Waals surface area contributed by atoms with Crippen molar-refractivity contribution in [2.75, 3.05) is 5.73 Å². The first kappa shape index (κ1) is 11.6. The van der Waals surface area contributed by atoms with Crippen molar-refractivity contribution in [2.24, 2.45) is 0 Å². The first-order chi connectivity index (χ1) is 8.09. The molecule has 0 saturated heterocycles. The molecule has 2 aromatic heterocycles. The third-order valence-electron chi connectivity index (χ3n) is 2.37. The van der Waals surface area contributed by atoms with Crippen molar-refractivity contribution in [1.82, 2.24) is 10.2 Å². The van der Waals surface area contributed by atoms with Crippen LogP contribution >= 0.6 is 11.6 Å². The summed E-state index contributed by atoms with van der Waals surface area (Å²) in [6, 6.07) is 1.83. The van der Waals surface area contributed by atoms with Crippen molar-refractivity contribution < 1.29 is 4.42 Å². The summed E-state index contributed by atoms with van der Waals surface area (Å²) in [4.78, 5) is 0. The van der Waals surface area contributed by atoms with Gasteiger partial charge in [-0.1, -0.05) is 11.6 Å². The third-order valence-corrected chi connectivity index (χ3v) is 2.64. The van der Waals surface area contributed by atoms with Gasteiger partial charge in [0.2, 0.25) is 0 Å². The molecule has 0 aliphatic heterocycles. The molecule has 0 saturated carbocycles. The van der Waals surface area contributed by atoms with Crippen molar-refractivity contribution in [3.63, 3.8) is 0 Å². The Labute approximate surface area is 103 Å². The summed E-state index contributed by atoms with van der Waals surface area (Å²) >= 11 is 5.87. The van der Waals surface area contributed by atoms with Crippen molar-refractivity contribution in [1.29, 1.82) is 5.41 Å². The zero-order chi connectivity index (χ0) is 12.4. The zero-order valence-electron chi connectivity index (χ0n) is 9.20. The predicted molar refractivity (Wildman–Crippen MR) is 65.5 cm³/mol. The van der Waals surface area contributed by atoms with E-state index in [0.29, 0.717) is 23.4 Å². The molecule has 3 N–H and O–H groups in total. The van der Waals surface area contributed by atoms with E-state index in [4.69, 9.17) is 27.2 Å². The van der Waals surface area contributed by atoms with Crippen LogP contribution in [0.15, 0.2) is 23.0 Å². The fourth-order valence-corrected chi connectivity index (χ4v) is 1.82. The molecule has 0 spiro atoms. The van der Waals surface area contributed by atoms with Gasteiger partial charge in [-0.05, 0) is 18.6 Å². The molecule has 5 nitrogen and oxygen atoms in total. The molecule has 2 aromatic rings. The number of nitrogens with zero attached hydrogens (tertiary/aromatic N) is 2. The maximum absolute atomic E-state index is 7.61. The summed E-state index contributed by atoms with van der Waals surface area (Å²) < 4.78 is 4.97. The molecule has 0 radical (unpaired) electrons. The molecule has 6 heteroatoms. The van der Waals surface area contributed by atoms with Crippen LogP contribution in [0.3, 0.4) is 0 Å². The van der Waals surface area contributed by atoms with E-state index in [2.05, 4.69) is 10.2 Å². The highest BCUT2D eigenvalue weighted by atomic mass is 35.5. The fraction of sp³-hybridized carbons (Fsp3) is 0.182. The predicted octanol–water partition coefficient (Wildman–Crippen LogP) is 2.28. The van der Waals surface area contributed by atoms with Crippen LogP contribution in [-0.2, 0) is 6.42 Å². The Bertz CT molecular complexity index is 551. The molecule has 0 bridgehead atoms. The highest BCUT2D eigenvalue weighted by Gasteiger charge is 2.14. The molecule has 2 heterocycles. The van der Waals surface area contributed by atoms with Gasteiger partial charge in [0.05, 0.1) is 29.5 Å². The minimum absolute atomic E-state index is 0.158. The lowest BCUT2D eigenvalue weighted by atomic mass is 10.1. The first-order valence-electron chi connectivity index (χ1n) is 4.96. The van der Waals surface area contributed by atoms with E-state index in [9.17, 15) is 0 Å². The third kappa shape index (κ3) is 2.29. The number of anilines is 1. The van der Waals surface area contributed by atoms with Crippen LogP contribution < -0.4 is 5.73 Å². The summed E-state index contributed by atoms with van der Waals surface area (Å²) in [7, 11) is 0. The van der Waals surface area contributed by atoms with Gasteiger partial charge in [-0.25, -0.2) is 0 Å². The number of nitrogens with two attached hydrogens (primary N) is 1. The van der Waals surface area contributed by atoms with Gasteiger partial charge >= 0.3 is 0 Å². The average molecular weight is 251 g/mol. The highest BCUT2D eigenvalue weighted by molar-refractivity contribution is 6.33. The van der Waals surface area contributed by atoms with Gasteiger partial charge in [0, 0.05) is 12.1 Å². The lowest BCUT2D eigenvalue weighted by Crippen LogP contribution is -2.09. The smallest absolute Gasteiger partial charge is 0.162 e. The quantitative estimate of drug-likeness (QED) is 0.818. The number of nitrogens with one attached hydrogen (secondary N) is 1. The van der Waals surface area contributed by atoms with E-state index in [1.54, 1.807) is 19.5 Å². The molecule has 0 aliphatic carbocycles. The van der Waals surface area contributed by atoms with Gasteiger partial charge in [-0.3, -0.25) is 0 Å². The minimum Gasteiger partial charge on any atom is -0.472 e. The Morgan fingerprint density at radius 2 is 2.29 bits per heavy atom. The van der Waals surface area contributed by atoms with Gasteiger partial charge in [-0.2, -0.15) is 5.10 Å². The van der Waals surface area contributed by atoms with Crippen LogP contribution in [0, 0.1) is 5.41 Å². The average Bonchev–Trinajstić information content (AvgIpc) is 2.74. The standard InChI is InChI=1S/C11H11ClN4O/c1-6(13)9-10(14)8(15-16-11(9)12)4-7-2-3-17-5-7/h2-3,5,13H,4H2,1H3,(H2,14,16). The molecule has 0 amide bonds. The van der Waals surface area contributed by atoms with Crippen LogP contribution in [-0.4, -0.2) is 15.9 Å². The minimum atomic E-state index is 0.158. The Hall–Kier alpha value is -1.88. The van der Waals surface area contributed by atoms with E-state index in [0.717, 1.165) is 5.56 Å². The summed E-state index contributed by atoms with van der Waals surface area (Å²) in [5.41, 5.74) is 8.60. The number of hydrogen-bond donors (Lipinski definition) is 2. The maximum atomic E-state index is 7.61. The Balaban J connectivity index is 2.42.